The van der Waals surface area contributed by atoms with Gasteiger partial charge in [0.1, 0.15) is 0 Å². The van der Waals surface area contributed by atoms with Crippen LogP contribution in [0.1, 0.15) is 38.1 Å². The van der Waals surface area contributed by atoms with Crippen LogP contribution in [0.4, 0.5) is 17.1 Å². The fourth-order valence-corrected chi connectivity index (χ4v) is 1.98. The molecule has 0 spiro atoms. The van der Waals surface area contributed by atoms with Gasteiger partial charge >= 0.3 is 0 Å². The Morgan fingerprint density at radius 3 is 2.05 bits per heavy atom. The number of para-hydroxylation sites is 3. The molecule has 1 amide bonds. The Bertz CT molecular complexity index is 596. The van der Waals surface area contributed by atoms with Gasteiger partial charge in [-0.2, -0.15) is 0 Å². The molecule has 21 heavy (non-hydrogen) atoms. The van der Waals surface area contributed by atoms with E-state index in [1.54, 1.807) is 6.07 Å². The third-order valence-corrected chi connectivity index (χ3v) is 2.82. The first-order valence-corrected chi connectivity index (χ1v) is 7.31. The summed E-state index contributed by atoms with van der Waals surface area (Å²) in [6, 6.07) is 14.7. The number of carbonyl (C=O) groups is 1. The summed E-state index contributed by atoms with van der Waals surface area (Å²) in [5, 5.41) is 4.38. The Morgan fingerprint density at radius 2 is 1.38 bits per heavy atom. The summed E-state index contributed by atoms with van der Waals surface area (Å²) in [4.78, 5) is 12.0. The third-order valence-electron chi connectivity index (χ3n) is 2.82. The molecule has 2 aromatic carbocycles. The van der Waals surface area contributed by atoms with Crippen molar-refractivity contribution in [1.82, 2.24) is 0 Å². The fourth-order valence-electron chi connectivity index (χ4n) is 1.98. The average Bonchev–Trinajstić information content (AvgIpc) is 2.68. The van der Waals surface area contributed by atoms with E-state index in [1.165, 1.54) is 5.01 Å². The van der Waals surface area contributed by atoms with Crippen LogP contribution >= 0.6 is 0 Å². The molecular weight excluding hydrogens is 262 g/mol. The van der Waals surface area contributed by atoms with E-state index in [9.17, 15) is 4.79 Å². The van der Waals surface area contributed by atoms with Crippen molar-refractivity contribution in [3.05, 3.63) is 54.1 Å². The Balaban J connectivity index is 0.000000510. The number of nitrogens with two attached hydrogens (primary N) is 1. The monoisotopic (exact) mass is 285 g/mol. The largest absolute Gasteiger partial charge is 0.320 e. The highest BCUT2D eigenvalue weighted by Crippen LogP contribution is 2.34. The van der Waals surface area contributed by atoms with Gasteiger partial charge in [-0.3, -0.25) is 9.80 Å². The lowest BCUT2D eigenvalue weighted by Gasteiger charge is -2.19. The van der Waals surface area contributed by atoms with Crippen LogP contribution < -0.4 is 16.2 Å². The van der Waals surface area contributed by atoms with E-state index in [4.69, 9.17) is 5.84 Å². The first kappa shape index (κ1) is 16.7. The van der Waals surface area contributed by atoms with Gasteiger partial charge in [0.05, 0.1) is 22.6 Å². The minimum Gasteiger partial charge on any atom is -0.320 e. The van der Waals surface area contributed by atoms with Crippen molar-refractivity contribution in [3.63, 3.8) is 0 Å². The molecular formula is C17H23N3O. The maximum Gasteiger partial charge on any atom is 0.257 e. The van der Waals surface area contributed by atoms with Gasteiger partial charge < -0.3 is 5.32 Å². The molecule has 0 unspecified atom stereocenters. The van der Waals surface area contributed by atoms with Crippen LogP contribution in [0.15, 0.2) is 48.5 Å². The van der Waals surface area contributed by atoms with Crippen LogP contribution in [0.25, 0.3) is 0 Å². The average molecular weight is 285 g/mol. The van der Waals surface area contributed by atoms with Crippen molar-refractivity contribution in [1.29, 1.82) is 0 Å². The first-order chi connectivity index (χ1) is 10.3. The number of rotatable bonds is 0. The Hall–Kier alpha value is -2.33. The van der Waals surface area contributed by atoms with Gasteiger partial charge in [0.25, 0.3) is 5.91 Å². The van der Waals surface area contributed by atoms with Crippen molar-refractivity contribution in [2.45, 2.75) is 27.7 Å². The number of anilines is 3. The minimum atomic E-state index is -0.138. The number of fused-ring (bicyclic) bond motifs is 2. The number of nitrogens with one attached hydrogen (secondary N) is 1. The number of hydrazine groups is 1. The molecule has 0 saturated heterocycles. The van der Waals surface area contributed by atoms with Gasteiger partial charge in [0.15, 0.2) is 0 Å². The van der Waals surface area contributed by atoms with Crippen LogP contribution in [0.3, 0.4) is 0 Å². The van der Waals surface area contributed by atoms with Gasteiger partial charge in [-0.25, -0.2) is 5.84 Å². The van der Waals surface area contributed by atoms with E-state index >= 15 is 0 Å². The Kier molecular flexibility index (Phi) is 6.43. The second-order valence-corrected chi connectivity index (χ2v) is 3.86. The molecule has 0 radical (unpaired) electrons. The van der Waals surface area contributed by atoms with Crippen molar-refractivity contribution in [2.24, 2.45) is 5.84 Å². The molecule has 1 heterocycles. The van der Waals surface area contributed by atoms with Gasteiger partial charge in [-0.15, -0.1) is 0 Å². The van der Waals surface area contributed by atoms with Crippen molar-refractivity contribution < 1.29 is 4.79 Å². The summed E-state index contributed by atoms with van der Waals surface area (Å²) in [5.41, 5.74) is 2.78. The lowest BCUT2D eigenvalue weighted by molar-refractivity contribution is 0.102. The lowest BCUT2D eigenvalue weighted by Crippen LogP contribution is -2.25. The van der Waals surface area contributed by atoms with Gasteiger partial charge in [0, 0.05) is 0 Å². The fraction of sp³-hybridized carbons (Fsp3) is 0.235. The zero-order chi connectivity index (χ0) is 15.8. The van der Waals surface area contributed by atoms with Crippen LogP contribution in [-0.4, -0.2) is 5.91 Å². The smallest absolute Gasteiger partial charge is 0.257 e. The molecule has 1 aliphatic rings. The second kappa shape index (κ2) is 8.07. The van der Waals surface area contributed by atoms with Gasteiger partial charge in [-0.05, 0) is 24.3 Å². The molecule has 3 N–H and O–H groups in total. The summed E-state index contributed by atoms with van der Waals surface area (Å²) in [6.07, 6.45) is 0. The quantitative estimate of drug-likeness (QED) is 0.709. The van der Waals surface area contributed by atoms with E-state index in [2.05, 4.69) is 5.32 Å². The number of hydrogen-bond acceptors (Lipinski definition) is 3. The van der Waals surface area contributed by atoms with Crippen LogP contribution in [0, 0.1) is 0 Å². The summed E-state index contributed by atoms with van der Waals surface area (Å²) in [6.45, 7) is 8.00. The molecule has 4 nitrogen and oxygen atoms in total. The lowest BCUT2D eigenvalue weighted by atomic mass is 10.1. The van der Waals surface area contributed by atoms with Gasteiger partial charge in [-0.1, -0.05) is 52.0 Å². The molecule has 112 valence electrons. The summed E-state index contributed by atoms with van der Waals surface area (Å²) in [5.74, 6) is 5.92. The molecule has 0 bridgehead atoms. The van der Waals surface area contributed by atoms with Crippen LogP contribution in [-0.2, 0) is 0 Å². The molecule has 4 heteroatoms. The third kappa shape index (κ3) is 3.41. The maximum absolute atomic E-state index is 12.0. The topological polar surface area (TPSA) is 58.4 Å². The SMILES string of the molecule is CC.CC.NN1c2ccccc2NC(=O)c2ccccc21. The Labute approximate surface area is 126 Å². The van der Waals surface area contributed by atoms with E-state index in [-0.39, 0.29) is 5.91 Å². The van der Waals surface area contributed by atoms with E-state index in [0.717, 1.165) is 11.4 Å². The molecule has 0 fully saturated rings. The number of nitrogens with zero attached hydrogens (tertiary/aromatic N) is 1. The van der Waals surface area contributed by atoms with Crippen molar-refractivity contribution in [3.8, 4) is 0 Å². The maximum atomic E-state index is 12.0. The second-order valence-electron chi connectivity index (χ2n) is 3.86. The first-order valence-electron chi connectivity index (χ1n) is 7.31. The zero-order valence-electron chi connectivity index (χ0n) is 13.1. The van der Waals surface area contributed by atoms with Crippen LogP contribution in [0.5, 0.6) is 0 Å². The van der Waals surface area contributed by atoms with E-state index in [0.29, 0.717) is 11.3 Å². The van der Waals surface area contributed by atoms with Crippen molar-refractivity contribution in [2.75, 3.05) is 10.3 Å². The molecule has 1 aliphatic heterocycles. The number of carbonyl (C=O) groups excluding carboxylic acids is 1. The molecule has 0 aromatic heterocycles. The molecule has 0 aliphatic carbocycles. The standard InChI is InChI=1S/C13H11N3O.2C2H6/c14-16-11-7-3-1-5-9(11)13(17)15-10-6-2-4-8-12(10)16;2*1-2/h1-8H,14H2,(H,15,17);2*1-2H3. The number of hydrogen-bond donors (Lipinski definition) is 2. The zero-order valence-corrected chi connectivity index (χ0v) is 13.1. The van der Waals surface area contributed by atoms with E-state index < -0.39 is 0 Å². The van der Waals surface area contributed by atoms with Crippen LogP contribution in [0.2, 0.25) is 0 Å². The minimum absolute atomic E-state index is 0.138. The van der Waals surface area contributed by atoms with Gasteiger partial charge in [0.2, 0.25) is 0 Å². The summed E-state index contributed by atoms with van der Waals surface area (Å²) >= 11 is 0. The van der Waals surface area contributed by atoms with E-state index in [1.807, 2.05) is 70.2 Å². The van der Waals surface area contributed by atoms with Crippen molar-refractivity contribution >= 4 is 23.0 Å². The molecule has 3 rings (SSSR count). The highest BCUT2D eigenvalue weighted by Gasteiger charge is 2.22. The highest BCUT2D eigenvalue weighted by molar-refractivity contribution is 6.12. The molecule has 0 atom stereocenters. The number of amides is 1. The summed E-state index contributed by atoms with van der Waals surface area (Å²) in [7, 11) is 0. The normalized spacial score (nSPS) is 11.5. The predicted octanol–water partition coefficient (Wildman–Crippen LogP) is 4.32. The molecule has 0 saturated carbocycles. The highest BCUT2D eigenvalue weighted by atomic mass is 16.1. The predicted molar refractivity (Wildman–Crippen MR) is 89.9 cm³/mol. The number of benzene rings is 2. The summed E-state index contributed by atoms with van der Waals surface area (Å²) < 4.78 is 0. The Morgan fingerprint density at radius 1 is 0.857 bits per heavy atom. The molecule has 2 aromatic rings.